The lowest BCUT2D eigenvalue weighted by Crippen LogP contribution is -2.52. The number of hydrogen-bond acceptors (Lipinski definition) is 6. The summed E-state index contributed by atoms with van der Waals surface area (Å²) in [6.45, 7) is 2.85. The topological polar surface area (TPSA) is 92.2 Å². The Bertz CT molecular complexity index is 1120. The van der Waals surface area contributed by atoms with Gasteiger partial charge in [0.25, 0.3) is 6.10 Å². The van der Waals surface area contributed by atoms with Crippen LogP contribution >= 0.6 is 0 Å². The van der Waals surface area contributed by atoms with E-state index >= 15 is 0 Å². The average molecular weight is 549 g/mol. The van der Waals surface area contributed by atoms with Crippen molar-refractivity contribution in [3.05, 3.63) is 48.2 Å². The first-order valence-electron chi connectivity index (χ1n) is 11.4. The molecule has 3 rings (SSSR count). The molecule has 2 aromatic rings. The minimum Gasteiger partial charge on any atom is -0.478 e. The number of carboxylic acids is 1. The summed E-state index contributed by atoms with van der Waals surface area (Å²) in [7, 11) is 0. The van der Waals surface area contributed by atoms with Crippen LogP contribution in [0.5, 0.6) is 5.75 Å². The number of hydrogen-bond donors (Lipinski definition) is 1. The molecule has 0 atom stereocenters. The Morgan fingerprint density at radius 3 is 2.16 bits per heavy atom. The number of aromatic nitrogens is 1. The zero-order chi connectivity index (χ0) is 28.3. The number of carboxylic acid groups (broad SMARTS) is 1. The maximum Gasteiger partial charge on any atom is 0.434 e. The Morgan fingerprint density at radius 1 is 1.00 bits per heavy atom. The molecule has 8 nitrogen and oxygen atoms in total. The molecule has 1 aliphatic heterocycles. The predicted octanol–water partition coefficient (Wildman–Crippen LogP) is 4.74. The Balaban J connectivity index is 1.72. The Morgan fingerprint density at radius 2 is 1.63 bits per heavy atom. The quantitative estimate of drug-likeness (QED) is 0.499. The lowest BCUT2D eigenvalue weighted by atomic mass is 10.0. The summed E-state index contributed by atoms with van der Waals surface area (Å²) in [5.74, 6) is -0.935. The molecule has 0 unspecified atom stereocenters. The van der Waals surface area contributed by atoms with E-state index in [2.05, 4.69) is 9.72 Å². The van der Waals surface area contributed by atoms with Gasteiger partial charge in [-0.2, -0.15) is 26.3 Å². The van der Waals surface area contributed by atoms with E-state index in [9.17, 15) is 41.0 Å². The molecule has 1 aliphatic rings. The van der Waals surface area contributed by atoms with Crippen LogP contribution in [0.4, 0.5) is 31.1 Å². The second-order valence-corrected chi connectivity index (χ2v) is 9.07. The van der Waals surface area contributed by atoms with E-state index in [1.807, 2.05) is 0 Å². The number of benzene rings is 1. The van der Waals surface area contributed by atoms with Gasteiger partial charge in [0.15, 0.2) is 5.60 Å². The van der Waals surface area contributed by atoms with Gasteiger partial charge in [-0.15, -0.1) is 0 Å². The molecule has 0 bridgehead atoms. The zero-order valence-electron chi connectivity index (χ0n) is 20.3. The van der Waals surface area contributed by atoms with Gasteiger partial charge in [-0.3, -0.25) is 9.88 Å². The second kappa shape index (κ2) is 11.1. The van der Waals surface area contributed by atoms with E-state index in [-0.39, 0.29) is 38.5 Å². The summed E-state index contributed by atoms with van der Waals surface area (Å²) in [4.78, 5) is 30.5. The summed E-state index contributed by atoms with van der Waals surface area (Å²) in [6.07, 6.45) is -15.9. The number of nitrogens with zero attached hydrogens (tertiary/aromatic N) is 3. The fraction of sp³-hybridized carbons (Fsp3) is 0.458. The van der Waals surface area contributed by atoms with Crippen LogP contribution in [-0.2, 0) is 16.1 Å². The van der Waals surface area contributed by atoms with Gasteiger partial charge < -0.3 is 19.5 Å². The van der Waals surface area contributed by atoms with Gasteiger partial charge in [0, 0.05) is 50.0 Å². The van der Waals surface area contributed by atoms with Gasteiger partial charge in [0.2, 0.25) is 0 Å². The number of carbonyl (C=O) groups excluding carboxylic acids is 1. The van der Waals surface area contributed by atoms with Gasteiger partial charge in [-0.25, -0.2) is 9.59 Å². The number of alkyl halides is 6. The van der Waals surface area contributed by atoms with Crippen molar-refractivity contribution in [2.45, 2.75) is 44.4 Å². The zero-order valence-corrected chi connectivity index (χ0v) is 20.3. The van der Waals surface area contributed by atoms with E-state index in [1.54, 1.807) is 47.5 Å². The van der Waals surface area contributed by atoms with Crippen molar-refractivity contribution >= 4 is 12.1 Å². The number of amides is 1. The lowest BCUT2D eigenvalue weighted by Gasteiger charge is -2.35. The molecule has 2 heterocycles. The molecule has 14 heteroatoms. The first-order valence-corrected chi connectivity index (χ1v) is 11.4. The van der Waals surface area contributed by atoms with Crippen LogP contribution in [0.3, 0.4) is 0 Å². The molecule has 208 valence electrons. The molecule has 1 N–H and O–H groups in total. The fourth-order valence-electron chi connectivity index (χ4n) is 3.62. The minimum atomic E-state index is -5.79. The molecule has 1 aromatic carbocycles. The second-order valence-electron chi connectivity index (χ2n) is 9.07. The summed E-state index contributed by atoms with van der Waals surface area (Å²) in [5, 5.41) is 9.51. The highest BCUT2D eigenvalue weighted by atomic mass is 19.4. The Hall–Kier alpha value is -3.55. The smallest absolute Gasteiger partial charge is 0.434 e. The van der Waals surface area contributed by atoms with Crippen molar-refractivity contribution in [1.82, 2.24) is 14.8 Å². The maximum atomic E-state index is 12.7. The van der Waals surface area contributed by atoms with Gasteiger partial charge in [-0.05, 0) is 32.0 Å². The summed E-state index contributed by atoms with van der Waals surface area (Å²) in [6, 6.07) is 10.4. The van der Waals surface area contributed by atoms with Crippen molar-refractivity contribution in [1.29, 1.82) is 0 Å². The molecule has 0 aliphatic carbocycles. The predicted molar refractivity (Wildman–Crippen MR) is 121 cm³/mol. The summed E-state index contributed by atoms with van der Waals surface area (Å²) in [5.41, 5.74) is 0.305. The number of aliphatic carboxylic acids is 1. The van der Waals surface area contributed by atoms with Gasteiger partial charge in [0.05, 0.1) is 5.69 Å². The fourth-order valence-corrected chi connectivity index (χ4v) is 3.62. The molecule has 1 aromatic heterocycles. The minimum absolute atomic E-state index is 0.113. The molecule has 0 saturated carbocycles. The molecular weight excluding hydrogens is 524 g/mol. The van der Waals surface area contributed by atoms with Gasteiger partial charge in [-0.1, -0.05) is 18.2 Å². The number of carbonyl (C=O) groups is 2. The van der Waals surface area contributed by atoms with Crippen LogP contribution in [0, 0.1) is 0 Å². The highest BCUT2D eigenvalue weighted by molar-refractivity contribution is 5.77. The van der Waals surface area contributed by atoms with Crippen molar-refractivity contribution in [2.75, 3.05) is 26.2 Å². The number of rotatable bonds is 7. The van der Waals surface area contributed by atoms with Gasteiger partial charge >= 0.3 is 24.4 Å². The molecule has 38 heavy (non-hydrogen) atoms. The third kappa shape index (κ3) is 7.27. The van der Waals surface area contributed by atoms with Crippen molar-refractivity contribution in [3.8, 4) is 17.0 Å². The Labute approximate surface area is 213 Å². The van der Waals surface area contributed by atoms with Crippen molar-refractivity contribution in [3.63, 3.8) is 0 Å². The molecular formula is C24H25F6N3O5. The normalized spacial score (nSPS) is 15.4. The highest BCUT2D eigenvalue weighted by Crippen LogP contribution is 2.36. The lowest BCUT2D eigenvalue weighted by molar-refractivity contribution is -0.308. The third-order valence-corrected chi connectivity index (χ3v) is 5.75. The van der Waals surface area contributed by atoms with E-state index in [4.69, 9.17) is 4.74 Å². The first-order chi connectivity index (χ1) is 17.6. The maximum absolute atomic E-state index is 12.7. The number of halogens is 6. The number of ether oxygens (including phenoxy) is 2. The van der Waals surface area contributed by atoms with E-state index < -0.39 is 36.1 Å². The first kappa shape index (κ1) is 29.0. The Kier molecular flexibility index (Phi) is 8.44. The largest absolute Gasteiger partial charge is 0.478 e. The van der Waals surface area contributed by atoms with E-state index in [0.717, 1.165) is 4.90 Å². The summed E-state index contributed by atoms with van der Waals surface area (Å²) >= 11 is 0. The average Bonchev–Trinajstić information content (AvgIpc) is 2.82. The van der Waals surface area contributed by atoms with Crippen molar-refractivity contribution < 1.29 is 50.5 Å². The van der Waals surface area contributed by atoms with Crippen LogP contribution in [0.25, 0.3) is 11.3 Å². The third-order valence-electron chi connectivity index (χ3n) is 5.75. The van der Waals surface area contributed by atoms with Crippen molar-refractivity contribution in [2.24, 2.45) is 0 Å². The van der Waals surface area contributed by atoms with Crippen LogP contribution < -0.4 is 4.74 Å². The molecule has 1 fully saturated rings. The molecule has 1 amide bonds. The standard InChI is InChI=1S/C24H25F6N3O5/c1-22(2,20(34)35)38-18-13-15(17-5-3-4-8-31-17)6-7-16(18)14-32-9-11-33(12-10-32)21(36)37-19(23(25,26)27)24(28,29)30/h3-8,13,19H,9-12,14H2,1-2H3,(H,34,35). The number of piperazine rings is 1. The number of pyridine rings is 1. The van der Waals surface area contributed by atoms with E-state index in [0.29, 0.717) is 16.8 Å². The van der Waals surface area contributed by atoms with E-state index in [1.165, 1.54) is 13.8 Å². The van der Waals surface area contributed by atoms with Crippen LogP contribution in [-0.4, -0.2) is 82.2 Å². The monoisotopic (exact) mass is 549 g/mol. The molecule has 0 radical (unpaired) electrons. The van der Waals surface area contributed by atoms with Gasteiger partial charge in [0.1, 0.15) is 5.75 Å². The SMILES string of the molecule is CC(C)(Oc1cc(-c2ccccn2)ccc1CN1CCN(C(=O)OC(C(F)(F)F)C(F)(F)F)CC1)C(=O)O. The van der Waals surface area contributed by atoms with Crippen LogP contribution in [0.1, 0.15) is 19.4 Å². The highest BCUT2D eigenvalue weighted by Gasteiger charge is 2.60. The summed E-state index contributed by atoms with van der Waals surface area (Å²) < 4.78 is 85.9. The van der Waals surface area contributed by atoms with Crippen LogP contribution in [0.15, 0.2) is 42.6 Å². The molecule has 1 saturated heterocycles. The van der Waals surface area contributed by atoms with Crippen LogP contribution in [0.2, 0.25) is 0 Å². The molecule has 0 spiro atoms.